The molecule has 2 aromatic heterocycles. The maximum atomic E-state index is 5.60. The lowest BCUT2D eigenvalue weighted by Gasteiger charge is -2.07. The van der Waals surface area contributed by atoms with Crippen LogP contribution in [0.4, 0.5) is 0 Å². The molecule has 2 heterocycles. The van der Waals surface area contributed by atoms with Crippen molar-refractivity contribution in [3.05, 3.63) is 48.5 Å². The van der Waals surface area contributed by atoms with Gasteiger partial charge in [-0.25, -0.2) is 4.68 Å². The number of rotatable bonds is 12. The standard InChI is InChI=1S/C20H24N6O3/c1-2-6-18-17(5-1)22-26(23-18)10-12-28-14-16-29-15-13-27-11-9-25-20-8-4-3-7-19(20)21-24-25/h1-8H,9-16H2. The first-order valence-corrected chi connectivity index (χ1v) is 9.71. The van der Waals surface area contributed by atoms with Crippen molar-refractivity contribution in [2.45, 2.75) is 13.1 Å². The van der Waals surface area contributed by atoms with Crippen LogP contribution in [0, 0.1) is 0 Å². The van der Waals surface area contributed by atoms with E-state index in [1.54, 1.807) is 4.80 Å². The molecule has 0 spiro atoms. The monoisotopic (exact) mass is 396 g/mol. The molecule has 0 unspecified atom stereocenters. The number of benzene rings is 2. The van der Waals surface area contributed by atoms with Gasteiger partial charge in [0.05, 0.1) is 58.2 Å². The summed E-state index contributed by atoms with van der Waals surface area (Å²) in [4.78, 5) is 1.66. The minimum absolute atomic E-state index is 0.533. The van der Waals surface area contributed by atoms with Crippen molar-refractivity contribution in [1.29, 1.82) is 0 Å². The lowest BCUT2D eigenvalue weighted by Crippen LogP contribution is -2.14. The van der Waals surface area contributed by atoms with Gasteiger partial charge in [0.15, 0.2) is 0 Å². The predicted octanol–water partition coefficient (Wildman–Crippen LogP) is 1.93. The number of hydrogen-bond donors (Lipinski definition) is 0. The second-order valence-corrected chi connectivity index (χ2v) is 6.42. The van der Waals surface area contributed by atoms with Gasteiger partial charge >= 0.3 is 0 Å². The Morgan fingerprint density at radius 3 is 1.86 bits per heavy atom. The van der Waals surface area contributed by atoms with Crippen molar-refractivity contribution in [3.63, 3.8) is 0 Å². The topological polar surface area (TPSA) is 89.1 Å². The van der Waals surface area contributed by atoms with Gasteiger partial charge in [0.25, 0.3) is 0 Å². The van der Waals surface area contributed by atoms with E-state index in [2.05, 4.69) is 20.5 Å². The van der Waals surface area contributed by atoms with Crippen LogP contribution in [0.15, 0.2) is 48.5 Å². The zero-order valence-corrected chi connectivity index (χ0v) is 16.2. The van der Waals surface area contributed by atoms with E-state index in [0.717, 1.165) is 22.1 Å². The first-order chi connectivity index (χ1) is 14.4. The molecule has 0 atom stereocenters. The molecule has 0 fully saturated rings. The molecule has 4 rings (SSSR count). The van der Waals surface area contributed by atoms with Crippen LogP contribution in [0.5, 0.6) is 0 Å². The van der Waals surface area contributed by atoms with Crippen LogP contribution in [-0.2, 0) is 27.3 Å². The summed E-state index contributed by atoms with van der Waals surface area (Å²) in [5.41, 5.74) is 3.70. The summed E-state index contributed by atoms with van der Waals surface area (Å²) in [5.74, 6) is 0. The number of hydrogen-bond acceptors (Lipinski definition) is 7. The smallest absolute Gasteiger partial charge is 0.113 e. The molecule has 9 heteroatoms. The van der Waals surface area contributed by atoms with Crippen LogP contribution >= 0.6 is 0 Å². The Labute approximate surface area is 168 Å². The van der Waals surface area contributed by atoms with Crippen LogP contribution in [0.2, 0.25) is 0 Å². The van der Waals surface area contributed by atoms with Crippen molar-refractivity contribution < 1.29 is 14.2 Å². The fraction of sp³-hybridized carbons (Fsp3) is 0.400. The minimum atomic E-state index is 0.533. The molecule has 0 saturated carbocycles. The first kappa shape index (κ1) is 19.4. The summed E-state index contributed by atoms with van der Waals surface area (Å²) in [6.45, 7) is 4.54. The van der Waals surface area contributed by atoms with Gasteiger partial charge in [-0.05, 0) is 24.3 Å². The van der Waals surface area contributed by atoms with Crippen molar-refractivity contribution in [2.75, 3.05) is 39.6 Å². The Hall–Kier alpha value is -2.88. The molecule has 0 N–H and O–H groups in total. The van der Waals surface area contributed by atoms with Crippen LogP contribution in [0.25, 0.3) is 22.1 Å². The van der Waals surface area contributed by atoms with Crippen molar-refractivity contribution in [1.82, 2.24) is 30.0 Å². The lowest BCUT2D eigenvalue weighted by atomic mass is 10.3. The fourth-order valence-electron chi connectivity index (χ4n) is 2.93. The van der Waals surface area contributed by atoms with Gasteiger partial charge in [-0.15, -0.1) is 5.10 Å². The normalized spacial score (nSPS) is 11.6. The number of aromatic nitrogens is 6. The van der Waals surface area contributed by atoms with Gasteiger partial charge < -0.3 is 14.2 Å². The van der Waals surface area contributed by atoms with E-state index < -0.39 is 0 Å². The van der Waals surface area contributed by atoms with E-state index >= 15 is 0 Å². The van der Waals surface area contributed by atoms with E-state index in [1.165, 1.54) is 0 Å². The molecular formula is C20H24N6O3. The quantitative estimate of drug-likeness (QED) is 0.338. The largest absolute Gasteiger partial charge is 0.377 e. The molecule has 29 heavy (non-hydrogen) atoms. The molecular weight excluding hydrogens is 372 g/mol. The fourth-order valence-corrected chi connectivity index (χ4v) is 2.93. The highest BCUT2D eigenvalue weighted by Gasteiger charge is 2.03. The molecule has 0 bridgehead atoms. The average molecular weight is 396 g/mol. The Bertz CT molecular complexity index is 998. The van der Waals surface area contributed by atoms with Crippen molar-refractivity contribution >= 4 is 22.1 Å². The number of para-hydroxylation sites is 1. The number of ether oxygens (including phenoxy) is 3. The zero-order valence-electron chi connectivity index (χ0n) is 16.2. The molecule has 9 nitrogen and oxygen atoms in total. The van der Waals surface area contributed by atoms with Crippen molar-refractivity contribution in [3.8, 4) is 0 Å². The predicted molar refractivity (Wildman–Crippen MR) is 108 cm³/mol. The molecule has 0 radical (unpaired) electrons. The Morgan fingerprint density at radius 1 is 0.621 bits per heavy atom. The maximum absolute atomic E-state index is 5.60. The lowest BCUT2D eigenvalue weighted by molar-refractivity contribution is 0.0108. The van der Waals surface area contributed by atoms with E-state index in [9.17, 15) is 0 Å². The second kappa shape index (κ2) is 10.1. The molecule has 0 aliphatic rings. The average Bonchev–Trinajstić information content (AvgIpc) is 3.35. The van der Waals surface area contributed by atoms with Crippen LogP contribution < -0.4 is 0 Å². The molecule has 4 aromatic rings. The highest BCUT2D eigenvalue weighted by molar-refractivity contribution is 5.74. The van der Waals surface area contributed by atoms with E-state index in [-0.39, 0.29) is 0 Å². The minimum Gasteiger partial charge on any atom is -0.377 e. The highest BCUT2D eigenvalue weighted by atomic mass is 16.5. The third-order valence-corrected chi connectivity index (χ3v) is 4.38. The van der Waals surface area contributed by atoms with E-state index in [0.29, 0.717) is 52.7 Å². The summed E-state index contributed by atoms with van der Waals surface area (Å²) in [5, 5.41) is 17.0. The molecule has 0 aliphatic carbocycles. The highest BCUT2D eigenvalue weighted by Crippen LogP contribution is 2.09. The van der Waals surface area contributed by atoms with E-state index in [4.69, 9.17) is 14.2 Å². The summed E-state index contributed by atoms with van der Waals surface area (Å²) >= 11 is 0. The van der Waals surface area contributed by atoms with Gasteiger partial charge in [0.2, 0.25) is 0 Å². The number of nitrogens with zero attached hydrogens (tertiary/aromatic N) is 6. The van der Waals surface area contributed by atoms with Crippen LogP contribution in [-0.4, -0.2) is 69.6 Å². The number of fused-ring (bicyclic) bond motifs is 2. The maximum Gasteiger partial charge on any atom is 0.113 e. The SMILES string of the molecule is c1ccc2nn(CCOCCOCCOCCn3nnc4ccccc43)nc2c1. The van der Waals surface area contributed by atoms with Crippen LogP contribution in [0.3, 0.4) is 0 Å². The Balaban J connectivity index is 1.01. The molecule has 2 aromatic carbocycles. The zero-order chi connectivity index (χ0) is 19.7. The molecule has 152 valence electrons. The molecule has 0 saturated heterocycles. The van der Waals surface area contributed by atoms with E-state index in [1.807, 2.05) is 53.2 Å². The third-order valence-electron chi connectivity index (χ3n) is 4.38. The Kier molecular flexibility index (Phi) is 6.74. The summed E-state index contributed by atoms with van der Waals surface area (Å²) in [6.07, 6.45) is 0. The summed E-state index contributed by atoms with van der Waals surface area (Å²) in [6, 6.07) is 15.7. The van der Waals surface area contributed by atoms with Gasteiger partial charge in [0.1, 0.15) is 16.6 Å². The molecule has 0 amide bonds. The first-order valence-electron chi connectivity index (χ1n) is 9.71. The van der Waals surface area contributed by atoms with Gasteiger partial charge in [-0.1, -0.05) is 29.5 Å². The Morgan fingerprint density at radius 2 is 1.17 bits per heavy atom. The summed E-state index contributed by atoms with van der Waals surface area (Å²) in [7, 11) is 0. The second-order valence-electron chi connectivity index (χ2n) is 6.42. The van der Waals surface area contributed by atoms with Gasteiger partial charge in [-0.2, -0.15) is 15.0 Å². The van der Waals surface area contributed by atoms with Crippen LogP contribution in [0.1, 0.15) is 0 Å². The summed E-state index contributed by atoms with van der Waals surface area (Å²) < 4.78 is 18.5. The molecule has 0 aliphatic heterocycles. The third kappa shape index (κ3) is 5.35. The van der Waals surface area contributed by atoms with Crippen molar-refractivity contribution in [2.24, 2.45) is 0 Å². The van der Waals surface area contributed by atoms with Gasteiger partial charge in [0, 0.05) is 0 Å². The van der Waals surface area contributed by atoms with Gasteiger partial charge in [-0.3, -0.25) is 0 Å².